The van der Waals surface area contributed by atoms with Crippen molar-refractivity contribution in [2.75, 3.05) is 6.54 Å². The number of amides is 1. The Hall–Kier alpha value is -1.33. The molecule has 1 amide bonds. The molecule has 0 aliphatic heterocycles. The summed E-state index contributed by atoms with van der Waals surface area (Å²) in [6, 6.07) is 0. The second-order valence-corrected chi connectivity index (χ2v) is 5.43. The van der Waals surface area contributed by atoms with E-state index in [0.29, 0.717) is 32.2 Å². The van der Waals surface area contributed by atoms with Crippen molar-refractivity contribution in [3.8, 4) is 0 Å². The second kappa shape index (κ2) is 8.72. The number of unbranched alkanes of at least 4 members (excludes halogenated alkanes) is 1. The first-order valence-corrected chi connectivity index (χ1v) is 6.59. The summed E-state index contributed by atoms with van der Waals surface area (Å²) in [6.45, 7) is 7.65. The van der Waals surface area contributed by atoms with Gasteiger partial charge in [-0.2, -0.15) is 0 Å². The van der Waals surface area contributed by atoms with Crippen LogP contribution in [0.5, 0.6) is 0 Å². The molecule has 0 aromatic heterocycles. The normalized spacial score (nSPS) is 12.7. The maximum Gasteiger partial charge on any atom is 0.407 e. The quantitative estimate of drug-likeness (QED) is 0.726. The third kappa shape index (κ3) is 9.27. The summed E-state index contributed by atoms with van der Waals surface area (Å²) < 4.78 is 16.8. The third-order valence-electron chi connectivity index (χ3n) is 2.55. The predicted octanol–water partition coefficient (Wildman–Crippen LogP) is 3.14. The van der Waals surface area contributed by atoms with Crippen LogP contribution in [0, 0.1) is 5.92 Å². The van der Waals surface area contributed by atoms with Crippen molar-refractivity contribution in [2.45, 2.75) is 59.0 Å². The molecule has 0 aromatic carbocycles. The van der Waals surface area contributed by atoms with Crippen LogP contribution in [0.4, 0.5) is 9.32 Å². The van der Waals surface area contributed by atoms with Gasteiger partial charge in [-0.15, -0.1) is 0 Å². The van der Waals surface area contributed by atoms with Crippen molar-refractivity contribution in [3.63, 3.8) is 0 Å². The molecule has 0 aliphatic rings. The van der Waals surface area contributed by atoms with Crippen LogP contribution in [0.3, 0.4) is 0 Å². The van der Waals surface area contributed by atoms with Crippen molar-refractivity contribution in [3.05, 3.63) is 0 Å². The van der Waals surface area contributed by atoms with Gasteiger partial charge in [-0.05, 0) is 40.0 Å². The van der Waals surface area contributed by atoms with Gasteiger partial charge in [-0.1, -0.05) is 13.3 Å². The lowest BCUT2D eigenvalue weighted by atomic mass is 9.99. The largest absolute Gasteiger partial charge is 0.444 e. The van der Waals surface area contributed by atoms with E-state index in [-0.39, 0.29) is 0 Å². The minimum absolute atomic E-state index is 0.411. The summed E-state index contributed by atoms with van der Waals surface area (Å²) in [5.41, 5.74) is -0.512. The summed E-state index contributed by atoms with van der Waals surface area (Å²) in [4.78, 5) is 25.5. The van der Waals surface area contributed by atoms with Gasteiger partial charge in [-0.3, -0.25) is 4.94 Å². The maximum absolute atomic E-state index is 11.7. The average Bonchev–Trinajstić information content (AvgIpc) is 2.30. The van der Waals surface area contributed by atoms with E-state index in [1.807, 2.05) is 0 Å². The van der Waals surface area contributed by atoms with E-state index in [1.54, 1.807) is 27.7 Å². The summed E-state index contributed by atoms with van der Waals surface area (Å²) in [6.07, 6.45) is 2.05. The fourth-order valence-corrected chi connectivity index (χ4v) is 1.57. The average molecular weight is 277 g/mol. The minimum Gasteiger partial charge on any atom is -0.444 e. The zero-order valence-corrected chi connectivity index (χ0v) is 12.1. The first-order valence-electron chi connectivity index (χ1n) is 6.59. The maximum atomic E-state index is 11.7. The van der Waals surface area contributed by atoms with Crippen LogP contribution in [-0.2, 0) is 14.5 Å². The summed E-state index contributed by atoms with van der Waals surface area (Å²) >= 11 is 0. The number of ether oxygens (including phenoxy) is 1. The molecule has 1 unspecified atom stereocenters. The highest BCUT2D eigenvalue weighted by atomic mass is 19.3. The molecular weight excluding hydrogens is 253 g/mol. The van der Waals surface area contributed by atoms with Crippen molar-refractivity contribution in [1.29, 1.82) is 0 Å². The Labute approximate surface area is 113 Å². The monoisotopic (exact) mass is 277 g/mol. The Bertz CT molecular complexity index is 289. The lowest BCUT2D eigenvalue weighted by molar-refractivity contribution is -0.189. The molecule has 19 heavy (non-hydrogen) atoms. The summed E-state index contributed by atoms with van der Waals surface area (Å²) in [5, 5.41) is 2.62. The van der Waals surface area contributed by atoms with Gasteiger partial charge in [0.15, 0.2) is 0 Å². The van der Waals surface area contributed by atoms with Crippen LogP contribution in [0.2, 0.25) is 0 Å². The number of hydrogen-bond donors (Lipinski definition) is 1. The van der Waals surface area contributed by atoms with Gasteiger partial charge in [0.05, 0.1) is 5.92 Å². The van der Waals surface area contributed by atoms with E-state index >= 15 is 0 Å². The highest BCUT2D eigenvalue weighted by molar-refractivity contribution is 5.71. The first kappa shape index (κ1) is 17.7. The van der Waals surface area contributed by atoms with Crippen LogP contribution >= 0.6 is 0 Å². The minimum atomic E-state index is -0.817. The van der Waals surface area contributed by atoms with E-state index in [1.165, 1.54) is 0 Å². The lowest BCUT2D eigenvalue weighted by Gasteiger charge is -2.19. The molecule has 0 aromatic rings. The Morgan fingerprint density at radius 1 is 1.26 bits per heavy atom. The SMILES string of the molecule is CCC(CCCCNC(=O)OC(C)(C)C)C(=O)OF. The van der Waals surface area contributed by atoms with Gasteiger partial charge >= 0.3 is 12.1 Å². The molecule has 0 fully saturated rings. The third-order valence-corrected chi connectivity index (χ3v) is 2.55. The Kier molecular flexibility index (Phi) is 8.11. The molecule has 0 saturated carbocycles. The van der Waals surface area contributed by atoms with Crippen LogP contribution in [0.25, 0.3) is 0 Å². The number of halogens is 1. The molecule has 0 aliphatic carbocycles. The number of carbonyl (C=O) groups excluding carboxylic acids is 2. The van der Waals surface area contributed by atoms with E-state index in [4.69, 9.17) is 4.74 Å². The van der Waals surface area contributed by atoms with Crippen molar-refractivity contribution < 1.29 is 23.8 Å². The molecule has 0 bridgehead atoms. The number of hydrogen-bond acceptors (Lipinski definition) is 4. The fourth-order valence-electron chi connectivity index (χ4n) is 1.57. The van der Waals surface area contributed by atoms with Crippen LogP contribution in [0.1, 0.15) is 53.4 Å². The molecule has 1 N–H and O–H groups in total. The molecule has 0 radical (unpaired) electrons. The molecular formula is C13H24FNO4. The number of nitrogens with one attached hydrogen (secondary N) is 1. The topological polar surface area (TPSA) is 64.6 Å². The lowest BCUT2D eigenvalue weighted by Crippen LogP contribution is -2.33. The molecule has 6 heteroatoms. The molecule has 0 rings (SSSR count). The van der Waals surface area contributed by atoms with Gasteiger partial charge in [0, 0.05) is 11.1 Å². The molecule has 112 valence electrons. The number of carbonyl (C=O) groups is 2. The van der Waals surface area contributed by atoms with Gasteiger partial charge in [0.25, 0.3) is 0 Å². The smallest absolute Gasteiger partial charge is 0.407 e. The Morgan fingerprint density at radius 2 is 1.89 bits per heavy atom. The van der Waals surface area contributed by atoms with Crippen LogP contribution in [-0.4, -0.2) is 24.2 Å². The van der Waals surface area contributed by atoms with E-state index in [2.05, 4.69) is 10.3 Å². The van der Waals surface area contributed by atoms with E-state index in [0.717, 1.165) is 0 Å². The standard InChI is InChI=1S/C13H24FNO4/c1-5-10(11(16)19-14)8-6-7-9-15-12(17)18-13(2,3)4/h10H,5-9H2,1-4H3,(H,15,17). The highest BCUT2D eigenvalue weighted by Gasteiger charge is 2.18. The number of alkyl carbamates (subject to hydrolysis) is 1. The molecule has 0 heterocycles. The summed E-state index contributed by atoms with van der Waals surface area (Å²) in [5.74, 6) is -1.23. The van der Waals surface area contributed by atoms with Crippen molar-refractivity contribution in [2.24, 2.45) is 5.92 Å². The van der Waals surface area contributed by atoms with Crippen molar-refractivity contribution in [1.82, 2.24) is 5.32 Å². The van der Waals surface area contributed by atoms with Crippen molar-refractivity contribution >= 4 is 12.1 Å². The Balaban J connectivity index is 3.70. The predicted molar refractivity (Wildman–Crippen MR) is 69.1 cm³/mol. The Morgan fingerprint density at radius 3 is 2.37 bits per heavy atom. The second-order valence-electron chi connectivity index (χ2n) is 5.43. The van der Waals surface area contributed by atoms with Crippen LogP contribution < -0.4 is 5.32 Å². The molecule has 5 nitrogen and oxygen atoms in total. The zero-order valence-electron chi connectivity index (χ0n) is 12.1. The molecule has 0 saturated heterocycles. The van der Waals surface area contributed by atoms with E-state index in [9.17, 15) is 14.1 Å². The van der Waals surface area contributed by atoms with Gasteiger partial charge in [0.1, 0.15) is 5.60 Å². The highest BCUT2D eigenvalue weighted by Crippen LogP contribution is 2.14. The van der Waals surface area contributed by atoms with Gasteiger partial charge in [-0.25, -0.2) is 9.59 Å². The summed E-state index contributed by atoms with van der Waals surface area (Å²) in [7, 11) is 0. The molecule has 0 spiro atoms. The molecule has 1 atom stereocenters. The van der Waals surface area contributed by atoms with Gasteiger partial charge in [0.2, 0.25) is 0 Å². The fraction of sp³-hybridized carbons (Fsp3) is 0.846. The van der Waals surface area contributed by atoms with Gasteiger partial charge < -0.3 is 10.1 Å². The number of rotatable bonds is 7. The van der Waals surface area contributed by atoms with E-state index < -0.39 is 23.6 Å². The first-order chi connectivity index (χ1) is 8.80. The zero-order chi connectivity index (χ0) is 14.9. The van der Waals surface area contributed by atoms with Crippen LogP contribution in [0.15, 0.2) is 0 Å².